The highest BCUT2D eigenvalue weighted by Crippen LogP contribution is 2.27. The molecule has 0 spiro atoms. The Labute approximate surface area is 95.9 Å². The molecule has 3 heteroatoms. The Morgan fingerprint density at radius 3 is 2.93 bits per heavy atom. The fraction of sp³-hybridized carbons (Fsp3) is 0.333. The molecule has 1 rings (SSSR count). The molecule has 1 unspecified atom stereocenters. The zero-order valence-electron chi connectivity index (χ0n) is 9.09. The first-order valence-corrected chi connectivity index (χ1v) is 5.28. The van der Waals surface area contributed by atoms with Crippen LogP contribution in [0.1, 0.15) is 12.5 Å². The predicted octanol–water partition coefficient (Wildman–Crippen LogP) is 3.01. The standard InChI is InChI=1S/C12H16ClNO/c1-4-9(2)15-12-7-5-6-11(13)10(12)8-14-3/h4-7,9,14H,1,8H2,2-3H3. The summed E-state index contributed by atoms with van der Waals surface area (Å²) in [6, 6.07) is 5.66. The van der Waals surface area contributed by atoms with E-state index in [1.807, 2.05) is 32.2 Å². The van der Waals surface area contributed by atoms with Gasteiger partial charge in [-0.3, -0.25) is 0 Å². The summed E-state index contributed by atoms with van der Waals surface area (Å²) in [5, 5.41) is 3.79. The fourth-order valence-corrected chi connectivity index (χ4v) is 1.48. The van der Waals surface area contributed by atoms with Crippen LogP contribution in [-0.4, -0.2) is 13.2 Å². The monoisotopic (exact) mass is 225 g/mol. The minimum Gasteiger partial charge on any atom is -0.486 e. The first-order chi connectivity index (χ1) is 7.19. The van der Waals surface area contributed by atoms with E-state index in [0.717, 1.165) is 16.3 Å². The first kappa shape index (κ1) is 12.1. The minimum absolute atomic E-state index is 0.0147. The third kappa shape index (κ3) is 3.26. The number of ether oxygens (including phenoxy) is 1. The molecule has 0 heterocycles. The molecule has 2 nitrogen and oxygen atoms in total. The summed E-state index contributed by atoms with van der Waals surface area (Å²) in [4.78, 5) is 0. The molecule has 1 atom stereocenters. The van der Waals surface area contributed by atoms with Crippen LogP contribution in [0.25, 0.3) is 0 Å². The lowest BCUT2D eigenvalue weighted by atomic mass is 10.2. The van der Waals surface area contributed by atoms with Crippen molar-refractivity contribution in [3.63, 3.8) is 0 Å². The van der Waals surface area contributed by atoms with E-state index in [9.17, 15) is 0 Å². The van der Waals surface area contributed by atoms with Gasteiger partial charge in [-0.15, -0.1) is 0 Å². The van der Waals surface area contributed by atoms with Crippen molar-refractivity contribution in [2.75, 3.05) is 7.05 Å². The molecule has 1 aromatic carbocycles. The Kier molecular flexibility index (Phi) is 4.66. The first-order valence-electron chi connectivity index (χ1n) is 4.90. The number of rotatable bonds is 5. The van der Waals surface area contributed by atoms with E-state index in [0.29, 0.717) is 6.54 Å². The minimum atomic E-state index is -0.0147. The van der Waals surface area contributed by atoms with Crippen LogP contribution < -0.4 is 10.1 Å². The number of hydrogen-bond acceptors (Lipinski definition) is 2. The third-order valence-corrected chi connectivity index (χ3v) is 2.43. The van der Waals surface area contributed by atoms with Gasteiger partial charge in [0.2, 0.25) is 0 Å². The van der Waals surface area contributed by atoms with Crippen LogP contribution in [0.2, 0.25) is 5.02 Å². The van der Waals surface area contributed by atoms with Crippen molar-refractivity contribution in [2.45, 2.75) is 19.6 Å². The van der Waals surface area contributed by atoms with E-state index in [1.165, 1.54) is 0 Å². The summed E-state index contributed by atoms with van der Waals surface area (Å²) in [7, 11) is 1.88. The molecule has 0 saturated heterocycles. The molecular weight excluding hydrogens is 210 g/mol. The topological polar surface area (TPSA) is 21.3 Å². The second-order valence-electron chi connectivity index (χ2n) is 3.31. The van der Waals surface area contributed by atoms with Gasteiger partial charge in [0.15, 0.2) is 0 Å². The Bertz CT molecular complexity index is 338. The molecule has 0 amide bonds. The highest BCUT2D eigenvalue weighted by Gasteiger charge is 2.08. The molecule has 1 N–H and O–H groups in total. The number of benzene rings is 1. The lowest BCUT2D eigenvalue weighted by Gasteiger charge is -2.15. The molecule has 0 fully saturated rings. The Balaban J connectivity index is 2.94. The van der Waals surface area contributed by atoms with E-state index in [1.54, 1.807) is 6.08 Å². The van der Waals surface area contributed by atoms with Gasteiger partial charge >= 0.3 is 0 Å². The normalized spacial score (nSPS) is 12.2. The van der Waals surface area contributed by atoms with Crippen LogP contribution in [0.3, 0.4) is 0 Å². The zero-order valence-corrected chi connectivity index (χ0v) is 9.84. The van der Waals surface area contributed by atoms with Crippen LogP contribution in [0.15, 0.2) is 30.9 Å². The van der Waals surface area contributed by atoms with Gasteiger partial charge in [-0.1, -0.05) is 30.3 Å². The quantitative estimate of drug-likeness (QED) is 0.778. The molecule has 82 valence electrons. The summed E-state index contributed by atoms with van der Waals surface area (Å²) >= 11 is 6.09. The molecule has 0 aliphatic rings. The molecular formula is C12H16ClNO. The lowest BCUT2D eigenvalue weighted by Crippen LogP contribution is -2.12. The van der Waals surface area contributed by atoms with Gasteiger partial charge in [-0.05, 0) is 26.1 Å². The molecule has 0 aliphatic carbocycles. The van der Waals surface area contributed by atoms with Crippen molar-refractivity contribution in [3.05, 3.63) is 41.4 Å². The van der Waals surface area contributed by atoms with E-state index in [4.69, 9.17) is 16.3 Å². The predicted molar refractivity (Wildman–Crippen MR) is 64.5 cm³/mol. The van der Waals surface area contributed by atoms with Gasteiger partial charge in [0, 0.05) is 17.1 Å². The smallest absolute Gasteiger partial charge is 0.126 e. The van der Waals surface area contributed by atoms with Crippen LogP contribution in [0, 0.1) is 0 Å². The maximum atomic E-state index is 6.09. The Morgan fingerprint density at radius 1 is 1.60 bits per heavy atom. The molecule has 0 bridgehead atoms. The fourth-order valence-electron chi connectivity index (χ4n) is 1.25. The highest BCUT2D eigenvalue weighted by molar-refractivity contribution is 6.31. The van der Waals surface area contributed by atoms with Crippen molar-refractivity contribution in [2.24, 2.45) is 0 Å². The average molecular weight is 226 g/mol. The maximum Gasteiger partial charge on any atom is 0.126 e. The number of nitrogens with one attached hydrogen (secondary N) is 1. The molecule has 1 aromatic rings. The summed E-state index contributed by atoms with van der Waals surface area (Å²) in [5.74, 6) is 0.809. The number of hydrogen-bond donors (Lipinski definition) is 1. The van der Waals surface area contributed by atoms with Gasteiger partial charge in [-0.2, -0.15) is 0 Å². The number of halogens is 1. The van der Waals surface area contributed by atoms with E-state index in [2.05, 4.69) is 11.9 Å². The van der Waals surface area contributed by atoms with Crippen molar-refractivity contribution in [3.8, 4) is 5.75 Å². The van der Waals surface area contributed by atoms with Crippen LogP contribution in [0.5, 0.6) is 5.75 Å². The van der Waals surface area contributed by atoms with Gasteiger partial charge in [-0.25, -0.2) is 0 Å². The van der Waals surface area contributed by atoms with Crippen molar-refractivity contribution in [1.82, 2.24) is 5.32 Å². The zero-order chi connectivity index (χ0) is 11.3. The van der Waals surface area contributed by atoms with E-state index >= 15 is 0 Å². The SMILES string of the molecule is C=CC(C)Oc1cccc(Cl)c1CNC. The Hall–Kier alpha value is -0.990. The average Bonchev–Trinajstić information content (AvgIpc) is 2.23. The van der Waals surface area contributed by atoms with Gasteiger partial charge in [0.1, 0.15) is 11.9 Å². The molecule has 15 heavy (non-hydrogen) atoms. The second-order valence-corrected chi connectivity index (χ2v) is 3.71. The van der Waals surface area contributed by atoms with E-state index < -0.39 is 0 Å². The molecule has 0 aromatic heterocycles. The highest BCUT2D eigenvalue weighted by atomic mass is 35.5. The third-order valence-electron chi connectivity index (χ3n) is 2.07. The maximum absolute atomic E-state index is 6.09. The summed E-state index contributed by atoms with van der Waals surface area (Å²) < 4.78 is 5.69. The van der Waals surface area contributed by atoms with Gasteiger partial charge < -0.3 is 10.1 Å². The second kappa shape index (κ2) is 5.79. The van der Waals surface area contributed by atoms with Gasteiger partial charge in [0.05, 0.1) is 0 Å². The lowest BCUT2D eigenvalue weighted by molar-refractivity contribution is 0.267. The van der Waals surface area contributed by atoms with Crippen LogP contribution >= 0.6 is 11.6 Å². The van der Waals surface area contributed by atoms with Crippen molar-refractivity contribution < 1.29 is 4.74 Å². The Morgan fingerprint density at radius 2 is 2.33 bits per heavy atom. The summed E-state index contributed by atoms with van der Waals surface area (Å²) in [6.45, 7) is 6.32. The van der Waals surface area contributed by atoms with Crippen molar-refractivity contribution >= 4 is 11.6 Å². The van der Waals surface area contributed by atoms with Crippen molar-refractivity contribution in [1.29, 1.82) is 0 Å². The van der Waals surface area contributed by atoms with Crippen LogP contribution in [0.4, 0.5) is 0 Å². The largest absolute Gasteiger partial charge is 0.486 e. The molecule has 0 aliphatic heterocycles. The summed E-state index contributed by atoms with van der Waals surface area (Å²) in [6.07, 6.45) is 1.74. The van der Waals surface area contributed by atoms with Gasteiger partial charge in [0.25, 0.3) is 0 Å². The van der Waals surface area contributed by atoms with E-state index in [-0.39, 0.29) is 6.10 Å². The molecule has 0 saturated carbocycles. The summed E-state index contributed by atoms with van der Waals surface area (Å²) in [5.41, 5.74) is 0.982. The molecule has 0 radical (unpaired) electrons. The van der Waals surface area contributed by atoms with Crippen LogP contribution in [-0.2, 0) is 6.54 Å².